The van der Waals surface area contributed by atoms with Crippen molar-refractivity contribution in [2.75, 3.05) is 0 Å². The predicted octanol–water partition coefficient (Wildman–Crippen LogP) is 11.2. The zero-order valence-corrected chi connectivity index (χ0v) is 27.6. The fraction of sp³-hybridized carbons (Fsp3) is 0. The number of thiophene rings is 4. The molecule has 256 valence electrons. The van der Waals surface area contributed by atoms with Gasteiger partial charge < -0.3 is 0 Å². The van der Waals surface area contributed by atoms with Gasteiger partial charge in [0.05, 0.1) is 20.2 Å². The fourth-order valence-electron chi connectivity index (χ4n) is 5.19. The van der Waals surface area contributed by atoms with E-state index in [0.29, 0.717) is 35.7 Å². The lowest BCUT2D eigenvalue weighted by molar-refractivity contribution is 0.0816. The molecule has 0 fully saturated rings. The maximum atomic E-state index is 14.6. The normalized spacial score (nSPS) is 12.3. The van der Waals surface area contributed by atoms with Gasteiger partial charge in [0.2, 0.25) is 29.0 Å². The highest BCUT2D eigenvalue weighted by atomic mass is 32.1. The molecule has 7 rings (SSSR count). The van der Waals surface area contributed by atoms with Crippen LogP contribution in [0.3, 0.4) is 0 Å². The smallest absolute Gasteiger partial charge is 0.235 e. The van der Waals surface area contributed by atoms with Crippen molar-refractivity contribution in [1.82, 2.24) is 0 Å². The molecule has 17 heteroatoms. The van der Waals surface area contributed by atoms with Crippen molar-refractivity contribution in [3.05, 3.63) is 139 Å². The van der Waals surface area contributed by atoms with Gasteiger partial charge in [-0.1, -0.05) is 6.58 Å². The summed E-state index contributed by atoms with van der Waals surface area (Å²) in [7, 11) is 0. The molecule has 3 nitrogen and oxygen atoms in total. The van der Waals surface area contributed by atoms with Gasteiger partial charge >= 0.3 is 0 Å². The summed E-state index contributed by atoms with van der Waals surface area (Å²) < 4.78 is 140. The van der Waals surface area contributed by atoms with Crippen LogP contribution >= 0.6 is 45.3 Å². The van der Waals surface area contributed by atoms with E-state index >= 15 is 0 Å². The molecule has 0 unspecified atom stereocenters. The van der Waals surface area contributed by atoms with E-state index in [1.165, 1.54) is 30.3 Å². The molecule has 1 aliphatic rings. The minimum Gasteiger partial charge on any atom is -0.287 e. The van der Waals surface area contributed by atoms with Crippen molar-refractivity contribution in [3.8, 4) is 29.3 Å². The molecule has 0 saturated carbocycles. The third-order valence-corrected chi connectivity index (χ3v) is 12.6. The van der Waals surface area contributed by atoms with Crippen LogP contribution < -0.4 is 0 Å². The Morgan fingerprint density at radius 2 is 0.863 bits per heavy atom. The lowest BCUT2D eigenvalue weighted by Gasteiger charge is -2.09. The highest BCUT2D eigenvalue weighted by molar-refractivity contribution is 7.29. The van der Waals surface area contributed by atoms with Crippen molar-refractivity contribution in [1.29, 1.82) is 0 Å². The van der Waals surface area contributed by atoms with Gasteiger partial charge in [0, 0.05) is 41.1 Å². The lowest BCUT2D eigenvalue weighted by atomic mass is 9.95. The molecule has 0 spiro atoms. The number of hydrogen-bond acceptors (Lipinski definition) is 7. The van der Waals surface area contributed by atoms with Crippen LogP contribution in [0.15, 0.2) is 48.7 Å². The van der Waals surface area contributed by atoms with Crippen LogP contribution in [-0.2, 0) is 0 Å². The van der Waals surface area contributed by atoms with Gasteiger partial charge in [-0.15, -0.1) is 51.1 Å². The molecular formula is C34H8F10O3S4. The molecule has 51 heavy (non-hydrogen) atoms. The Bertz CT molecular complexity index is 2560. The van der Waals surface area contributed by atoms with Crippen LogP contribution in [0.5, 0.6) is 0 Å². The first-order valence-corrected chi connectivity index (χ1v) is 17.0. The topological polar surface area (TPSA) is 51.2 Å². The number of fused-ring (bicyclic) bond motifs is 3. The molecular weight excluding hydrogens is 775 g/mol. The zero-order valence-electron chi connectivity index (χ0n) is 24.3. The van der Waals surface area contributed by atoms with Gasteiger partial charge in [-0.25, -0.2) is 43.9 Å². The Balaban J connectivity index is 1.24. The number of ketones is 3. The molecule has 0 N–H and O–H groups in total. The van der Waals surface area contributed by atoms with Crippen molar-refractivity contribution >= 4 is 68.3 Å². The third-order valence-electron chi connectivity index (χ3n) is 7.61. The minimum absolute atomic E-state index is 0.00278. The van der Waals surface area contributed by atoms with Crippen LogP contribution in [0, 0.1) is 58.2 Å². The molecule has 0 atom stereocenters. The summed E-state index contributed by atoms with van der Waals surface area (Å²) in [5.74, 6) is -25.6. The molecule has 2 aromatic carbocycles. The largest absolute Gasteiger partial charge is 0.287 e. The summed E-state index contributed by atoms with van der Waals surface area (Å²) in [6.45, 7) is 3.33. The molecule has 0 radical (unpaired) electrons. The van der Waals surface area contributed by atoms with Crippen molar-refractivity contribution in [3.63, 3.8) is 0 Å². The molecule has 4 aromatic heterocycles. The number of halogens is 10. The van der Waals surface area contributed by atoms with Gasteiger partial charge in [-0.3, -0.25) is 14.4 Å². The van der Waals surface area contributed by atoms with Gasteiger partial charge in [-0.05, 0) is 36.4 Å². The van der Waals surface area contributed by atoms with Crippen LogP contribution in [0.25, 0.3) is 34.8 Å². The van der Waals surface area contributed by atoms with Crippen molar-refractivity contribution < 1.29 is 58.3 Å². The van der Waals surface area contributed by atoms with Gasteiger partial charge in [0.25, 0.3) is 0 Å². The second kappa shape index (κ2) is 12.4. The number of carbonyl (C=O) groups is 3. The van der Waals surface area contributed by atoms with E-state index in [0.717, 1.165) is 40.1 Å². The summed E-state index contributed by atoms with van der Waals surface area (Å²) in [6, 6.07) is 7.98. The highest BCUT2D eigenvalue weighted by Gasteiger charge is 2.36. The van der Waals surface area contributed by atoms with E-state index in [1.54, 1.807) is 0 Å². The first-order valence-electron chi connectivity index (χ1n) is 13.7. The Kier molecular flexibility index (Phi) is 8.38. The molecule has 1 aliphatic carbocycles. The summed E-state index contributed by atoms with van der Waals surface area (Å²) in [6.07, 6.45) is 0. The standard InChI is InChI=1S/C34H8F10O3S4/c1-2-9(18-20(35)24(39)28(43)25(40)21(18)36)12-3-4-13(48-12)16-7-10-30(45)31(46)11-8-17(51-34(11)33(10)50-16)14-5-6-15(49-14)32(47)19-22(37)26(41)29(44)27(42)23(19)38/h3-8H,1H2. The Labute approximate surface area is 293 Å². The van der Waals surface area contributed by atoms with E-state index in [2.05, 4.69) is 12.3 Å². The van der Waals surface area contributed by atoms with Crippen LogP contribution in [-0.4, -0.2) is 17.3 Å². The minimum atomic E-state index is -2.42. The predicted molar refractivity (Wildman–Crippen MR) is 170 cm³/mol. The fourth-order valence-corrected chi connectivity index (χ4v) is 9.81. The number of Topliss-reactive ketones (excluding diaryl/α,β-unsaturated/α-hetero) is 2. The first-order chi connectivity index (χ1) is 24.2. The average Bonchev–Trinajstić information content (AvgIpc) is 3.94. The van der Waals surface area contributed by atoms with Crippen LogP contribution in [0.2, 0.25) is 0 Å². The summed E-state index contributed by atoms with van der Waals surface area (Å²) >= 11 is 3.57. The van der Waals surface area contributed by atoms with Crippen molar-refractivity contribution in [2.45, 2.75) is 0 Å². The monoisotopic (exact) mass is 782 g/mol. The Hall–Kier alpha value is -4.93. The maximum absolute atomic E-state index is 14.6. The maximum Gasteiger partial charge on any atom is 0.235 e. The van der Waals surface area contributed by atoms with Gasteiger partial charge in [0.1, 0.15) is 5.56 Å². The Morgan fingerprint density at radius 1 is 0.490 bits per heavy atom. The molecule has 0 amide bonds. The first kappa shape index (κ1) is 34.5. The highest BCUT2D eigenvalue weighted by Crippen LogP contribution is 2.50. The molecule has 0 saturated heterocycles. The SMILES string of the molecule is C=C=C(c1ccc(-c2cc3c(s2)-c2sc(-c4ccc(C(=O)c5c(F)c(F)c(F)c(F)c5F)s4)cc2C(=O)C3=O)s1)c1c(F)c(F)c(F)c(F)c1F. The quantitative estimate of drug-likeness (QED) is 0.0422. The molecule has 0 bridgehead atoms. The van der Waals surface area contributed by atoms with E-state index in [1.807, 2.05) is 0 Å². The van der Waals surface area contributed by atoms with E-state index in [9.17, 15) is 58.3 Å². The summed E-state index contributed by atoms with van der Waals surface area (Å²) in [5.41, 5.74) is -1.14. The van der Waals surface area contributed by atoms with Gasteiger partial charge in [0.15, 0.2) is 46.5 Å². The second-order valence-corrected chi connectivity index (χ2v) is 14.7. The van der Waals surface area contributed by atoms with Crippen LogP contribution in [0.4, 0.5) is 43.9 Å². The van der Waals surface area contributed by atoms with E-state index in [4.69, 9.17) is 0 Å². The zero-order chi connectivity index (χ0) is 36.8. The molecule has 4 heterocycles. The Morgan fingerprint density at radius 3 is 1.29 bits per heavy atom. The van der Waals surface area contributed by atoms with E-state index < -0.39 is 92.2 Å². The summed E-state index contributed by atoms with van der Waals surface area (Å²) in [4.78, 5) is 40.8. The number of carbonyl (C=O) groups excluding carboxylic acids is 3. The molecule has 0 aliphatic heterocycles. The number of hydrogen-bond donors (Lipinski definition) is 0. The summed E-state index contributed by atoms with van der Waals surface area (Å²) in [5, 5.41) is 0. The van der Waals surface area contributed by atoms with Gasteiger partial charge in [-0.2, -0.15) is 0 Å². The molecule has 6 aromatic rings. The van der Waals surface area contributed by atoms with Crippen LogP contribution in [0.1, 0.15) is 46.4 Å². The number of benzene rings is 2. The number of rotatable bonds is 6. The lowest BCUT2D eigenvalue weighted by Crippen LogP contribution is -2.18. The second-order valence-electron chi connectivity index (χ2n) is 10.5. The third kappa shape index (κ3) is 5.18. The van der Waals surface area contributed by atoms with Crippen molar-refractivity contribution in [2.24, 2.45) is 0 Å². The van der Waals surface area contributed by atoms with E-state index in [-0.39, 0.29) is 25.8 Å². The average molecular weight is 783 g/mol.